The Morgan fingerprint density at radius 3 is 2.54 bits per heavy atom. The maximum absolute atomic E-state index is 14.4. The third kappa shape index (κ3) is 5.29. The summed E-state index contributed by atoms with van der Waals surface area (Å²) in [6.45, 7) is 4.54. The van der Waals surface area contributed by atoms with Gasteiger partial charge in [0.25, 0.3) is 11.8 Å². The minimum Gasteiger partial charge on any atom is -0.449 e. The van der Waals surface area contributed by atoms with E-state index in [1.807, 2.05) is 12.1 Å². The Bertz CT molecular complexity index is 1330. The van der Waals surface area contributed by atoms with E-state index < -0.39 is 0 Å². The van der Waals surface area contributed by atoms with Gasteiger partial charge in [0.1, 0.15) is 5.82 Å². The van der Waals surface area contributed by atoms with Gasteiger partial charge in [-0.25, -0.2) is 4.39 Å². The molecule has 0 spiro atoms. The van der Waals surface area contributed by atoms with Crippen molar-refractivity contribution in [2.24, 2.45) is 11.8 Å². The molecule has 1 fully saturated rings. The highest BCUT2D eigenvalue weighted by Gasteiger charge is 2.31. The van der Waals surface area contributed by atoms with Gasteiger partial charge < -0.3 is 10.1 Å². The van der Waals surface area contributed by atoms with E-state index in [1.165, 1.54) is 17.4 Å². The Labute approximate surface area is 217 Å². The van der Waals surface area contributed by atoms with E-state index in [9.17, 15) is 14.0 Å². The van der Waals surface area contributed by atoms with E-state index in [0.29, 0.717) is 34.4 Å². The fourth-order valence-corrected chi connectivity index (χ4v) is 5.14. The summed E-state index contributed by atoms with van der Waals surface area (Å²) >= 11 is 0. The van der Waals surface area contributed by atoms with E-state index in [2.05, 4.69) is 19.2 Å². The van der Waals surface area contributed by atoms with E-state index in [4.69, 9.17) is 4.74 Å². The number of rotatable bonds is 5. The zero-order valence-corrected chi connectivity index (χ0v) is 21.1. The summed E-state index contributed by atoms with van der Waals surface area (Å²) in [5, 5.41) is 3.20. The maximum Gasteiger partial charge on any atom is 0.294 e. The number of halogens is 1. The number of ether oxygens (including phenoxy) is 1. The van der Waals surface area contributed by atoms with Gasteiger partial charge in [-0.3, -0.25) is 14.5 Å². The van der Waals surface area contributed by atoms with Crippen LogP contribution >= 0.6 is 0 Å². The molecule has 5 nitrogen and oxygen atoms in total. The molecular formula is C31H31FN2O3. The van der Waals surface area contributed by atoms with Crippen LogP contribution in [0.2, 0.25) is 0 Å². The van der Waals surface area contributed by atoms with Crippen molar-refractivity contribution in [3.05, 3.63) is 101 Å². The molecule has 3 atom stereocenters. The standard InChI is InChI=1S/C31H31FN2O3/c1-20-8-7-11-26(21(20)2)33-30(35)23-16-14-22(15-17-23)18-29-31(36)34(19-24-9-3-4-10-25(24)32)27-12-5-6-13-28(27)37-29/h3-6,9-10,12-18,20-21,26H,7-8,11,19H2,1-2H3,(H,33,35)/b29-18-/t20-,21-,26+/m1/s1. The minimum atomic E-state index is -0.365. The Morgan fingerprint density at radius 2 is 1.76 bits per heavy atom. The predicted molar refractivity (Wildman–Crippen MR) is 143 cm³/mol. The van der Waals surface area contributed by atoms with Crippen LogP contribution in [0.15, 0.2) is 78.6 Å². The number of para-hydroxylation sites is 2. The molecule has 6 heteroatoms. The summed E-state index contributed by atoms with van der Waals surface area (Å²) in [6, 6.07) is 20.9. The van der Waals surface area contributed by atoms with E-state index >= 15 is 0 Å². The molecule has 0 aromatic heterocycles. The van der Waals surface area contributed by atoms with Gasteiger partial charge in [-0.05, 0) is 60.2 Å². The molecule has 1 N–H and O–H groups in total. The monoisotopic (exact) mass is 498 g/mol. The summed E-state index contributed by atoms with van der Waals surface area (Å²) in [5.41, 5.74) is 2.31. The minimum absolute atomic E-state index is 0.0832. The van der Waals surface area contributed by atoms with Gasteiger partial charge in [0.2, 0.25) is 0 Å². The van der Waals surface area contributed by atoms with Crippen molar-refractivity contribution in [1.29, 1.82) is 0 Å². The second kappa shape index (κ2) is 10.6. The molecule has 1 aliphatic carbocycles. The number of hydrogen-bond donors (Lipinski definition) is 1. The largest absolute Gasteiger partial charge is 0.449 e. The molecule has 0 radical (unpaired) electrons. The van der Waals surface area contributed by atoms with Crippen LogP contribution in [0.25, 0.3) is 6.08 Å². The summed E-state index contributed by atoms with van der Waals surface area (Å²) in [4.78, 5) is 27.8. The van der Waals surface area contributed by atoms with Crippen molar-refractivity contribution >= 4 is 23.6 Å². The topological polar surface area (TPSA) is 58.6 Å². The number of carbonyl (C=O) groups is 2. The third-order valence-corrected chi connectivity index (χ3v) is 7.61. The van der Waals surface area contributed by atoms with Crippen molar-refractivity contribution < 1.29 is 18.7 Å². The average molecular weight is 499 g/mol. The van der Waals surface area contributed by atoms with E-state index in [1.54, 1.807) is 60.7 Å². The van der Waals surface area contributed by atoms with Crippen LogP contribution in [0.5, 0.6) is 5.75 Å². The zero-order chi connectivity index (χ0) is 25.9. The quantitative estimate of drug-likeness (QED) is 0.417. The number of nitrogens with one attached hydrogen (secondary N) is 1. The molecule has 37 heavy (non-hydrogen) atoms. The molecule has 0 unspecified atom stereocenters. The smallest absolute Gasteiger partial charge is 0.294 e. The first-order valence-electron chi connectivity index (χ1n) is 12.9. The molecule has 3 aromatic carbocycles. The summed E-state index contributed by atoms with van der Waals surface area (Å²) in [6.07, 6.45) is 5.00. The number of anilines is 1. The molecule has 1 heterocycles. The molecule has 1 aliphatic heterocycles. The van der Waals surface area contributed by atoms with Crippen molar-refractivity contribution in [3.63, 3.8) is 0 Å². The van der Waals surface area contributed by atoms with Crippen LogP contribution in [0.4, 0.5) is 10.1 Å². The normalized spacial score (nSPS) is 22.4. The summed E-state index contributed by atoms with van der Waals surface area (Å²) in [7, 11) is 0. The second-order valence-electron chi connectivity index (χ2n) is 10.0. The highest BCUT2D eigenvalue weighted by Crippen LogP contribution is 2.37. The Kier molecular flexibility index (Phi) is 7.08. The van der Waals surface area contributed by atoms with Gasteiger partial charge in [0, 0.05) is 17.2 Å². The van der Waals surface area contributed by atoms with Crippen LogP contribution in [-0.4, -0.2) is 17.9 Å². The SMILES string of the molecule is C[C@@H]1[C@H](C)CCC[C@@H]1NC(=O)c1ccc(/C=C2\Oc3ccccc3N(Cc3ccccc3F)C2=O)cc1. The molecule has 2 aliphatic rings. The fraction of sp³-hybridized carbons (Fsp3) is 0.290. The lowest BCUT2D eigenvalue weighted by Gasteiger charge is -2.34. The zero-order valence-electron chi connectivity index (χ0n) is 21.1. The predicted octanol–water partition coefficient (Wildman–Crippen LogP) is 6.35. The lowest BCUT2D eigenvalue weighted by molar-refractivity contribution is -0.117. The van der Waals surface area contributed by atoms with Crippen molar-refractivity contribution in [1.82, 2.24) is 5.32 Å². The molecule has 1 saturated carbocycles. The molecule has 0 bridgehead atoms. The fourth-order valence-electron chi connectivity index (χ4n) is 5.14. The molecule has 5 rings (SSSR count). The van der Waals surface area contributed by atoms with Crippen LogP contribution in [-0.2, 0) is 11.3 Å². The highest BCUT2D eigenvalue weighted by atomic mass is 19.1. The maximum atomic E-state index is 14.4. The lowest BCUT2D eigenvalue weighted by Crippen LogP contribution is -2.43. The molecule has 2 amide bonds. The number of fused-ring (bicyclic) bond motifs is 1. The molecule has 0 saturated heterocycles. The van der Waals surface area contributed by atoms with Crippen LogP contribution in [0, 0.1) is 17.7 Å². The van der Waals surface area contributed by atoms with Gasteiger partial charge in [0.05, 0.1) is 12.2 Å². The van der Waals surface area contributed by atoms with Crippen LogP contribution in [0.1, 0.15) is 54.6 Å². The summed E-state index contributed by atoms with van der Waals surface area (Å²) in [5.74, 6) is 0.907. The number of nitrogens with zero attached hydrogens (tertiary/aromatic N) is 1. The first kappa shape index (κ1) is 24.8. The molecular weight excluding hydrogens is 467 g/mol. The third-order valence-electron chi connectivity index (χ3n) is 7.61. The van der Waals surface area contributed by atoms with Crippen LogP contribution in [0.3, 0.4) is 0 Å². The first-order chi connectivity index (χ1) is 17.9. The van der Waals surface area contributed by atoms with Gasteiger partial charge in [-0.15, -0.1) is 0 Å². The number of amides is 2. The van der Waals surface area contributed by atoms with E-state index in [-0.39, 0.29) is 36.0 Å². The number of carbonyl (C=O) groups excluding carboxylic acids is 2. The Balaban J connectivity index is 1.35. The van der Waals surface area contributed by atoms with Gasteiger partial charge in [0.15, 0.2) is 11.5 Å². The highest BCUT2D eigenvalue weighted by molar-refractivity contribution is 6.09. The Hall–Kier alpha value is -3.93. The van der Waals surface area contributed by atoms with Crippen molar-refractivity contribution in [3.8, 4) is 5.75 Å². The second-order valence-corrected chi connectivity index (χ2v) is 10.0. The van der Waals surface area contributed by atoms with Crippen molar-refractivity contribution in [2.45, 2.75) is 45.7 Å². The number of benzene rings is 3. The van der Waals surface area contributed by atoms with E-state index in [0.717, 1.165) is 18.4 Å². The summed E-state index contributed by atoms with van der Waals surface area (Å²) < 4.78 is 20.3. The first-order valence-corrected chi connectivity index (χ1v) is 12.9. The lowest BCUT2D eigenvalue weighted by atomic mass is 9.78. The number of hydrogen-bond acceptors (Lipinski definition) is 3. The molecule has 3 aromatic rings. The van der Waals surface area contributed by atoms with Gasteiger partial charge in [-0.1, -0.05) is 69.2 Å². The Morgan fingerprint density at radius 1 is 1.03 bits per heavy atom. The van der Waals surface area contributed by atoms with Gasteiger partial charge >= 0.3 is 0 Å². The van der Waals surface area contributed by atoms with Crippen LogP contribution < -0.4 is 15.0 Å². The molecule has 190 valence electrons. The van der Waals surface area contributed by atoms with Gasteiger partial charge in [-0.2, -0.15) is 0 Å². The van der Waals surface area contributed by atoms with Crippen molar-refractivity contribution in [2.75, 3.05) is 4.90 Å². The average Bonchev–Trinajstić information content (AvgIpc) is 2.90.